The van der Waals surface area contributed by atoms with Crippen molar-refractivity contribution < 1.29 is 38.1 Å². The van der Waals surface area contributed by atoms with Crippen LogP contribution in [-0.4, -0.2) is 52.3 Å². The first-order valence-corrected chi connectivity index (χ1v) is 6.87. The molecule has 23 heavy (non-hydrogen) atoms. The molecule has 0 saturated carbocycles. The summed E-state index contributed by atoms with van der Waals surface area (Å²) in [5.74, 6) is -1.97. The molecular formula is C15H26O8. The van der Waals surface area contributed by atoms with Crippen molar-refractivity contribution in [2.45, 2.75) is 33.6 Å². The van der Waals surface area contributed by atoms with Crippen LogP contribution in [0, 0.1) is 11.3 Å². The molecule has 0 radical (unpaired) electrons. The first-order valence-electron chi connectivity index (χ1n) is 6.87. The fourth-order valence-corrected chi connectivity index (χ4v) is 1.47. The number of ether oxygens (including phenoxy) is 4. The molecule has 0 atom stereocenters. The van der Waals surface area contributed by atoms with Crippen LogP contribution in [0.15, 0.2) is 0 Å². The zero-order valence-electron chi connectivity index (χ0n) is 14.8. The van der Waals surface area contributed by atoms with Crippen molar-refractivity contribution >= 4 is 23.9 Å². The van der Waals surface area contributed by atoms with Gasteiger partial charge in [-0.05, 0) is 6.92 Å². The van der Waals surface area contributed by atoms with E-state index in [9.17, 15) is 19.2 Å². The molecule has 0 amide bonds. The van der Waals surface area contributed by atoms with Gasteiger partial charge in [-0.3, -0.25) is 19.2 Å². The summed E-state index contributed by atoms with van der Waals surface area (Å²) in [7, 11) is 4.99. The van der Waals surface area contributed by atoms with Gasteiger partial charge in [-0.25, -0.2) is 0 Å². The molecule has 0 aliphatic heterocycles. The zero-order valence-corrected chi connectivity index (χ0v) is 14.8. The average Bonchev–Trinajstić information content (AvgIpc) is 2.52. The molecule has 0 rings (SSSR count). The maximum atomic E-state index is 11.5. The molecule has 0 aromatic rings. The Kier molecular flexibility index (Phi) is 11.5. The molecule has 0 aromatic carbocycles. The number of carbonyl (C=O) groups is 4. The summed E-state index contributed by atoms with van der Waals surface area (Å²) in [4.78, 5) is 44.1. The molecule has 0 bridgehead atoms. The van der Waals surface area contributed by atoms with E-state index in [-0.39, 0.29) is 24.7 Å². The molecule has 0 aromatic heterocycles. The highest BCUT2D eigenvalue weighted by Gasteiger charge is 2.39. The quantitative estimate of drug-likeness (QED) is 0.525. The summed E-state index contributed by atoms with van der Waals surface area (Å²) in [5.41, 5.74) is -1.26. The van der Waals surface area contributed by atoms with Crippen molar-refractivity contribution in [1.29, 1.82) is 0 Å². The lowest BCUT2D eigenvalue weighted by Gasteiger charge is -2.23. The van der Waals surface area contributed by atoms with Crippen LogP contribution in [0.3, 0.4) is 0 Å². The lowest BCUT2D eigenvalue weighted by Crippen LogP contribution is -2.34. The maximum Gasteiger partial charge on any atom is 0.312 e. The Morgan fingerprint density at radius 3 is 1.35 bits per heavy atom. The third-order valence-corrected chi connectivity index (χ3v) is 2.88. The average molecular weight is 334 g/mol. The summed E-state index contributed by atoms with van der Waals surface area (Å²) < 4.78 is 17.8. The molecule has 0 aliphatic carbocycles. The van der Waals surface area contributed by atoms with Gasteiger partial charge in [0.2, 0.25) is 0 Å². The second-order valence-corrected chi connectivity index (χ2v) is 5.24. The molecule has 0 aliphatic rings. The highest BCUT2D eigenvalue weighted by molar-refractivity contribution is 5.87. The van der Waals surface area contributed by atoms with Crippen LogP contribution in [0.25, 0.3) is 0 Å². The Morgan fingerprint density at radius 1 is 0.783 bits per heavy atom. The molecule has 0 unspecified atom stereocenters. The smallest absolute Gasteiger partial charge is 0.312 e. The number of carbonyl (C=O) groups excluding carboxylic acids is 4. The molecule has 0 fully saturated rings. The van der Waals surface area contributed by atoms with E-state index in [0.717, 1.165) is 0 Å². The topological polar surface area (TPSA) is 105 Å². The van der Waals surface area contributed by atoms with Crippen molar-refractivity contribution in [1.82, 2.24) is 0 Å². The van der Waals surface area contributed by atoms with Crippen LogP contribution in [0.4, 0.5) is 0 Å². The summed E-state index contributed by atoms with van der Waals surface area (Å²) in [5, 5.41) is 0. The van der Waals surface area contributed by atoms with Gasteiger partial charge < -0.3 is 18.9 Å². The monoisotopic (exact) mass is 334 g/mol. The van der Waals surface area contributed by atoms with Crippen molar-refractivity contribution in [3.63, 3.8) is 0 Å². The number of hydrogen-bond acceptors (Lipinski definition) is 8. The van der Waals surface area contributed by atoms with Gasteiger partial charge in [0.25, 0.3) is 0 Å². The van der Waals surface area contributed by atoms with E-state index >= 15 is 0 Å². The van der Waals surface area contributed by atoms with Crippen LogP contribution >= 0.6 is 0 Å². The predicted octanol–water partition coefficient (Wildman–Crippen LogP) is 1.11. The minimum atomic E-state index is -1.26. The van der Waals surface area contributed by atoms with E-state index in [1.54, 1.807) is 13.8 Å². The van der Waals surface area contributed by atoms with E-state index < -0.39 is 23.3 Å². The summed E-state index contributed by atoms with van der Waals surface area (Å²) in [6.07, 6.45) is -0.462. The summed E-state index contributed by atoms with van der Waals surface area (Å²) >= 11 is 0. The van der Waals surface area contributed by atoms with Gasteiger partial charge in [-0.15, -0.1) is 0 Å². The van der Waals surface area contributed by atoms with E-state index in [1.807, 2.05) is 0 Å². The molecule has 8 nitrogen and oxygen atoms in total. The van der Waals surface area contributed by atoms with Crippen molar-refractivity contribution in [3.05, 3.63) is 0 Å². The standard InChI is InChI=1S/C10H16O6.C5H10O2/c1-10(9(13)16-4,5-7(11)14-2)6-8(12)15-3;1-4(2)5(6)7-3/h5-6H2,1-4H3;4H,1-3H3. The first kappa shape index (κ1) is 23.2. The van der Waals surface area contributed by atoms with Gasteiger partial charge in [0.15, 0.2) is 0 Å². The Hall–Kier alpha value is -2.12. The molecule has 0 saturated heterocycles. The normalized spacial score (nSPS) is 10.1. The van der Waals surface area contributed by atoms with Crippen LogP contribution in [0.2, 0.25) is 0 Å². The van der Waals surface area contributed by atoms with Gasteiger partial charge in [-0.2, -0.15) is 0 Å². The first-order chi connectivity index (χ1) is 10.6. The van der Waals surface area contributed by atoms with E-state index in [0.29, 0.717) is 0 Å². The second kappa shape index (κ2) is 11.4. The van der Waals surface area contributed by atoms with E-state index in [1.165, 1.54) is 35.4 Å². The minimum Gasteiger partial charge on any atom is -0.469 e. The van der Waals surface area contributed by atoms with Gasteiger partial charge in [-0.1, -0.05) is 13.8 Å². The fourth-order valence-electron chi connectivity index (χ4n) is 1.47. The van der Waals surface area contributed by atoms with Crippen LogP contribution in [0.1, 0.15) is 33.6 Å². The largest absolute Gasteiger partial charge is 0.469 e. The van der Waals surface area contributed by atoms with Crippen molar-refractivity contribution in [2.75, 3.05) is 28.4 Å². The number of hydrogen-bond donors (Lipinski definition) is 0. The fraction of sp³-hybridized carbons (Fsp3) is 0.733. The van der Waals surface area contributed by atoms with E-state index in [2.05, 4.69) is 18.9 Å². The molecular weight excluding hydrogens is 308 g/mol. The maximum absolute atomic E-state index is 11.5. The lowest BCUT2D eigenvalue weighted by molar-refractivity contribution is -0.163. The molecule has 0 spiro atoms. The van der Waals surface area contributed by atoms with Gasteiger partial charge >= 0.3 is 23.9 Å². The van der Waals surface area contributed by atoms with E-state index in [4.69, 9.17) is 0 Å². The number of methoxy groups -OCH3 is 4. The van der Waals surface area contributed by atoms with Gasteiger partial charge in [0.05, 0.1) is 52.6 Å². The van der Waals surface area contributed by atoms with Gasteiger partial charge in [0.1, 0.15) is 0 Å². The molecule has 0 N–H and O–H groups in total. The Bertz CT molecular complexity index is 396. The molecule has 8 heteroatoms. The lowest BCUT2D eigenvalue weighted by atomic mass is 9.83. The SMILES string of the molecule is COC(=O)C(C)C.COC(=O)CC(C)(CC(=O)OC)C(=O)OC. The molecule has 134 valence electrons. The van der Waals surface area contributed by atoms with Crippen molar-refractivity contribution in [3.8, 4) is 0 Å². The number of esters is 4. The summed E-state index contributed by atoms with van der Waals surface area (Å²) in [6.45, 7) is 5.05. The van der Waals surface area contributed by atoms with Crippen LogP contribution in [-0.2, 0) is 38.1 Å². The zero-order chi connectivity index (χ0) is 18.6. The van der Waals surface area contributed by atoms with Gasteiger partial charge in [0, 0.05) is 0 Å². The van der Waals surface area contributed by atoms with Crippen LogP contribution < -0.4 is 0 Å². The second-order valence-electron chi connectivity index (χ2n) is 5.24. The number of rotatable bonds is 6. The highest BCUT2D eigenvalue weighted by atomic mass is 16.5. The highest BCUT2D eigenvalue weighted by Crippen LogP contribution is 2.28. The molecule has 0 heterocycles. The predicted molar refractivity (Wildman–Crippen MR) is 80.2 cm³/mol. The Labute approximate surface area is 136 Å². The van der Waals surface area contributed by atoms with Crippen LogP contribution in [0.5, 0.6) is 0 Å². The third kappa shape index (κ3) is 9.49. The van der Waals surface area contributed by atoms with Crippen molar-refractivity contribution in [2.24, 2.45) is 11.3 Å². The Morgan fingerprint density at radius 2 is 1.17 bits per heavy atom. The third-order valence-electron chi connectivity index (χ3n) is 2.88. The minimum absolute atomic E-state index is 0.00463. The summed E-state index contributed by atoms with van der Waals surface area (Å²) in [6, 6.07) is 0. The Balaban J connectivity index is 0.